The summed E-state index contributed by atoms with van der Waals surface area (Å²) >= 11 is 0.0673. The summed E-state index contributed by atoms with van der Waals surface area (Å²) < 4.78 is 34.7. The summed E-state index contributed by atoms with van der Waals surface area (Å²) in [5.41, 5.74) is 1.23. The highest BCUT2D eigenvalue weighted by Crippen LogP contribution is 2.41. The average molecular weight is 208 g/mol. The molecule has 2 N–H and O–H groups in total. The Hall–Kier alpha value is 0.390. The van der Waals surface area contributed by atoms with Gasteiger partial charge in [-0.05, 0) is 24.6 Å². The van der Waals surface area contributed by atoms with Crippen LogP contribution in [0, 0.1) is 0 Å². The average Bonchev–Trinajstić information content (AvgIpc) is 1.57. The highest BCUT2D eigenvalue weighted by atomic mass is 35.5. The predicted octanol–water partition coefficient (Wildman–Crippen LogP) is 2.15. The third-order valence-electron chi connectivity index (χ3n) is 1.43. The second-order valence-electron chi connectivity index (χ2n) is 2.42. The summed E-state index contributed by atoms with van der Waals surface area (Å²) in [6.45, 7) is 0. The van der Waals surface area contributed by atoms with Crippen molar-refractivity contribution < 1.29 is 13.2 Å². The van der Waals surface area contributed by atoms with E-state index in [1.807, 2.05) is 0 Å². The van der Waals surface area contributed by atoms with Gasteiger partial charge in [0.25, 0.3) is 0 Å². The lowest BCUT2D eigenvalue weighted by Crippen LogP contribution is -2.39. The van der Waals surface area contributed by atoms with Crippen LogP contribution in [0.25, 0.3) is 0 Å². The van der Waals surface area contributed by atoms with Gasteiger partial charge in [-0.2, -0.15) is 13.2 Å². The highest BCUT2D eigenvalue weighted by molar-refractivity contribution is 8.00. The SMILES string of the molecule is Cl.NC1CC(SC(F)(F)F)C1. The van der Waals surface area contributed by atoms with Gasteiger partial charge in [0.15, 0.2) is 0 Å². The molecule has 1 aliphatic rings. The maximum Gasteiger partial charge on any atom is 0.442 e. The monoisotopic (exact) mass is 207 g/mol. The molecule has 1 nitrogen and oxygen atoms in total. The molecule has 0 amide bonds. The summed E-state index contributed by atoms with van der Waals surface area (Å²) in [5.74, 6) is 0. The van der Waals surface area contributed by atoms with E-state index in [0.29, 0.717) is 12.8 Å². The van der Waals surface area contributed by atoms with E-state index in [0.717, 1.165) is 0 Å². The van der Waals surface area contributed by atoms with E-state index in [1.165, 1.54) is 0 Å². The van der Waals surface area contributed by atoms with Gasteiger partial charge in [-0.3, -0.25) is 0 Å². The zero-order valence-corrected chi connectivity index (χ0v) is 7.23. The van der Waals surface area contributed by atoms with Crippen LogP contribution in [0.5, 0.6) is 0 Å². The fraction of sp³-hybridized carbons (Fsp3) is 1.00. The molecule has 1 fully saturated rings. The van der Waals surface area contributed by atoms with E-state index < -0.39 is 5.51 Å². The van der Waals surface area contributed by atoms with Crippen molar-refractivity contribution in [3.05, 3.63) is 0 Å². The molecular weight excluding hydrogens is 199 g/mol. The van der Waals surface area contributed by atoms with Crippen molar-refractivity contribution in [2.75, 3.05) is 0 Å². The summed E-state index contributed by atoms with van der Waals surface area (Å²) in [6, 6.07) is -0.000139. The summed E-state index contributed by atoms with van der Waals surface area (Å²) in [4.78, 5) is 0. The Balaban J connectivity index is 0.000001000. The lowest BCUT2D eigenvalue weighted by molar-refractivity contribution is -0.0339. The molecule has 0 saturated heterocycles. The van der Waals surface area contributed by atoms with Crippen molar-refractivity contribution in [1.82, 2.24) is 0 Å². The maximum absolute atomic E-state index is 11.6. The van der Waals surface area contributed by atoms with E-state index in [9.17, 15) is 13.2 Å². The van der Waals surface area contributed by atoms with Crippen molar-refractivity contribution in [3.8, 4) is 0 Å². The van der Waals surface area contributed by atoms with Crippen molar-refractivity contribution in [2.24, 2.45) is 5.73 Å². The Morgan fingerprint density at radius 1 is 1.27 bits per heavy atom. The van der Waals surface area contributed by atoms with Crippen LogP contribution in [0.3, 0.4) is 0 Å². The molecule has 0 aliphatic heterocycles. The van der Waals surface area contributed by atoms with Crippen molar-refractivity contribution in [1.29, 1.82) is 0 Å². The molecule has 11 heavy (non-hydrogen) atoms. The van der Waals surface area contributed by atoms with Crippen LogP contribution in [0.2, 0.25) is 0 Å². The third-order valence-corrected chi connectivity index (χ3v) is 2.42. The van der Waals surface area contributed by atoms with Gasteiger partial charge in [0, 0.05) is 11.3 Å². The molecule has 6 heteroatoms. The summed E-state index contributed by atoms with van der Waals surface area (Å²) in [5, 5.41) is -0.282. The van der Waals surface area contributed by atoms with Crippen LogP contribution < -0.4 is 5.73 Å². The second-order valence-corrected chi connectivity index (χ2v) is 3.78. The molecular formula is C5H9ClF3NS. The van der Waals surface area contributed by atoms with E-state index >= 15 is 0 Å². The van der Waals surface area contributed by atoms with Gasteiger partial charge in [-0.1, -0.05) is 0 Å². The van der Waals surface area contributed by atoms with E-state index in [-0.39, 0.29) is 35.5 Å². The van der Waals surface area contributed by atoms with Crippen molar-refractivity contribution in [3.63, 3.8) is 0 Å². The predicted molar refractivity (Wildman–Crippen MR) is 41.9 cm³/mol. The maximum atomic E-state index is 11.6. The van der Waals surface area contributed by atoms with Crippen LogP contribution in [-0.2, 0) is 0 Å². The Kier molecular flexibility index (Phi) is 4.00. The zero-order chi connectivity index (χ0) is 7.78. The number of nitrogens with two attached hydrogens (primary N) is 1. The number of alkyl halides is 3. The minimum atomic E-state index is -4.08. The van der Waals surface area contributed by atoms with Gasteiger partial charge in [-0.15, -0.1) is 12.4 Å². The first-order valence-electron chi connectivity index (χ1n) is 2.97. The molecule has 1 saturated carbocycles. The molecule has 0 aromatic heterocycles. The van der Waals surface area contributed by atoms with E-state index in [1.54, 1.807) is 0 Å². The van der Waals surface area contributed by atoms with Crippen LogP contribution in [0.1, 0.15) is 12.8 Å². The van der Waals surface area contributed by atoms with Gasteiger partial charge in [0.1, 0.15) is 0 Å². The molecule has 0 unspecified atom stereocenters. The van der Waals surface area contributed by atoms with Crippen molar-refractivity contribution in [2.45, 2.75) is 29.6 Å². The molecule has 0 radical (unpaired) electrons. The number of hydrogen-bond donors (Lipinski definition) is 1. The van der Waals surface area contributed by atoms with Gasteiger partial charge < -0.3 is 5.73 Å². The largest absolute Gasteiger partial charge is 0.442 e. The lowest BCUT2D eigenvalue weighted by Gasteiger charge is -2.31. The molecule has 0 aromatic carbocycles. The summed E-state index contributed by atoms with van der Waals surface area (Å²) in [7, 11) is 0. The smallest absolute Gasteiger partial charge is 0.328 e. The van der Waals surface area contributed by atoms with Gasteiger partial charge in [-0.25, -0.2) is 0 Å². The molecule has 1 aliphatic carbocycles. The molecule has 68 valence electrons. The molecule has 1 rings (SSSR count). The molecule has 0 aromatic rings. The summed E-state index contributed by atoms with van der Waals surface area (Å²) in [6.07, 6.45) is 1.01. The van der Waals surface area contributed by atoms with Gasteiger partial charge in [0.05, 0.1) is 0 Å². The van der Waals surface area contributed by atoms with E-state index in [2.05, 4.69) is 0 Å². The minimum Gasteiger partial charge on any atom is -0.328 e. The van der Waals surface area contributed by atoms with Crippen LogP contribution in [-0.4, -0.2) is 16.8 Å². The fourth-order valence-corrected chi connectivity index (χ4v) is 1.96. The Morgan fingerprint density at radius 3 is 2.00 bits per heavy atom. The molecule has 0 spiro atoms. The fourth-order valence-electron chi connectivity index (χ4n) is 0.892. The minimum absolute atomic E-state index is 0. The van der Waals surface area contributed by atoms with E-state index in [4.69, 9.17) is 5.73 Å². The second kappa shape index (κ2) is 3.87. The number of hydrogen-bond acceptors (Lipinski definition) is 2. The molecule has 0 atom stereocenters. The Bertz CT molecular complexity index is 123. The molecule has 0 bridgehead atoms. The molecule has 0 heterocycles. The third kappa shape index (κ3) is 4.08. The number of thioether (sulfide) groups is 1. The van der Waals surface area contributed by atoms with Crippen LogP contribution >= 0.6 is 24.2 Å². The van der Waals surface area contributed by atoms with Crippen LogP contribution in [0.15, 0.2) is 0 Å². The lowest BCUT2D eigenvalue weighted by atomic mass is 9.94. The van der Waals surface area contributed by atoms with Gasteiger partial charge in [0.2, 0.25) is 0 Å². The van der Waals surface area contributed by atoms with Gasteiger partial charge >= 0.3 is 5.51 Å². The van der Waals surface area contributed by atoms with Crippen LogP contribution in [0.4, 0.5) is 13.2 Å². The quantitative estimate of drug-likeness (QED) is 0.713. The normalized spacial score (nSPS) is 30.5. The zero-order valence-electron chi connectivity index (χ0n) is 5.60. The highest BCUT2D eigenvalue weighted by Gasteiger charge is 2.38. The first kappa shape index (κ1) is 11.4. The topological polar surface area (TPSA) is 26.0 Å². The van der Waals surface area contributed by atoms with Crippen molar-refractivity contribution >= 4 is 24.2 Å². The number of halogens is 4. The first-order chi connectivity index (χ1) is 4.47. The standard InChI is InChI=1S/C5H8F3NS.ClH/c6-5(7,8)10-4-1-3(9)2-4;/h3-4H,1-2,9H2;1H. The Labute approximate surface area is 73.3 Å². The number of rotatable bonds is 1. The first-order valence-corrected chi connectivity index (χ1v) is 3.85. The Morgan fingerprint density at radius 2 is 1.73 bits per heavy atom.